The zero-order valence-corrected chi connectivity index (χ0v) is 8.57. The van der Waals surface area contributed by atoms with Gasteiger partial charge in [-0.05, 0) is 24.3 Å². The van der Waals surface area contributed by atoms with Crippen molar-refractivity contribution in [2.75, 3.05) is 11.1 Å². The second-order valence-electron chi connectivity index (χ2n) is 2.96. The molecule has 0 spiro atoms. The number of halogens is 1. The van der Waals surface area contributed by atoms with Crippen molar-refractivity contribution in [3.05, 3.63) is 41.7 Å². The van der Waals surface area contributed by atoms with Crippen LogP contribution in [0, 0.1) is 0 Å². The molecule has 1 aromatic carbocycles. The zero-order chi connectivity index (χ0) is 10.7. The number of hydrogen-bond donors (Lipinski definition) is 2. The fraction of sp³-hybridized carbons (Fsp3) is 0. The van der Waals surface area contributed by atoms with Crippen molar-refractivity contribution in [1.82, 2.24) is 9.97 Å². The summed E-state index contributed by atoms with van der Waals surface area (Å²) >= 11 is 5.76. The van der Waals surface area contributed by atoms with Crippen molar-refractivity contribution in [3.8, 4) is 0 Å². The summed E-state index contributed by atoms with van der Waals surface area (Å²) in [5.41, 5.74) is 6.32. The van der Waals surface area contributed by atoms with E-state index in [1.54, 1.807) is 18.3 Å². The van der Waals surface area contributed by atoms with E-state index in [2.05, 4.69) is 15.3 Å². The van der Waals surface area contributed by atoms with Crippen molar-refractivity contribution < 1.29 is 0 Å². The molecule has 2 rings (SSSR count). The van der Waals surface area contributed by atoms with E-state index in [1.165, 1.54) is 6.20 Å². The van der Waals surface area contributed by atoms with Gasteiger partial charge in [0.25, 0.3) is 0 Å². The first-order valence-electron chi connectivity index (χ1n) is 4.34. The Morgan fingerprint density at radius 2 is 1.80 bits per heavy atom. The molecular formula is C10H9ClN4. The summed E-state index contributed by atoms with van der Waals surface area (Å²) in [5, 5.41) is 3.77. The van der Waals surface area contributed by atoms with E-state index in [-0.39, 0.29) is 0 Å². The number of rotatable bonds is 2. The van der Waals surface area contributed by atoms with Gasteiger partial charge in [0.05, 0.1) is 12.4 Å². The molecule has 0 saturated heterocycles. The Labute approximate surface area is 92.1 Å². The van der Waals surface area contributed by atoms with Crippen molar-refractivity contribution in [1.29, 1.82) is 0 Å². The molecule has 0 unspecified atom stereocenters. The van der Waals surface area contributed by atoms with E-state index in [0.29, 0.717) is 16.7 Å². The van der Waals surface area contributed by atoms with E-state index in [4.69, 9.17) is 17.3 Å². The molecule has 0 aliphatic heterocycles. The van der Waals surface area contributed by atoms with Crippen molar-refractivity contribution >= 4 is 28.9 Å². The zero-order valence-electron chi connectivity index (χ0n) is 7.81. The largest absolute Gasteiger partial charge is 0.382 e. The fourth-order valence-electron chi connectivity index (χ4n) is 1.08. The van der Waals surface area contributed by atoms with E-state index in [9.17, 15) is 0 Å². The SMILES string of the molecule is Nc1cnc(Nc2ccc(Cl)cc2)cn1. The van der Waals surface area contributed by atoms with Crippen molar-refractivity contribution in [2.24, 2.45) is 0 Å². The molecule has 0 fully saturated rings. The van der Waals surface area contributed by atoms with Gasteiger partial charge in [-0.2, -0.15) is 0 Å². The van der Waals surface area contributed by atoms with E-state index >= 15 is 0 Å². The third kappa shape index (κ3) is 2.57. The number of nitrogens with zero attached hydrogens (tertiary/aromatic N) is 2. The van der Waals surface area contributed by atoms with Gasteiger partial charge < -0.3 is 11.1 Å². The Hall–Kier alpha value is -1.81. The molecule has 0 saturated carbocycles. The Kier molecular flexibility index (Phi) is 2.69. The molecule has 0 amide bonds. The second kappa shape index (κ2) is 4.14. The Bertz CT molecular complexity index is 394. The van der Waals surface area contributed by atoms with E-state index < -0.39 is 0 Å². The number of hydrogen-bond acceptors (Lipinski definition) is 4. The van der Waals surface area contributed by atoms with Crippen LogP contribution in [0.25, 0.3) is 0 Å². The normalized spacial score (nSPS) is 9.93. The second-order valence-corrected chi connectivity index (χ2v) is 3.39. The van der Waals surface area contributed by atoms with Crippen LogP contribution >= 0.6 is 11.6 Å². The van der Waals surface area contributed by atoms with Crippen molar-refractivity contribution in [2.45, 2.75) is 0 Å². The van der Waals surface area contributed by atoms with Crippen LogP contribution in [0.5, 0.6) is 0 Å². The maximum atomic E-state index is 5.76. The molecule has 2 aromatic rings. The first-order chi connectivity index (χ1) is 7.24. The first kappa shape index (κ1) is 9.73. The highest BCUT2D eigenvalue weighted by molar-refractivity contribution is 6.30. The molecule has 0 aliphatic rings. The third-order valence-corrected chi connectivity index (χ3v) is 2.04. The average molecular weight is 221 g/mol. The highest BCUT2D eigenvalue weighted by atomic mass is 35.5. The molecule has 4 nitrogen and oxygen atoms in total. The average Bonchev–Trinajstić information content (AvgIpc) is 2.25. The molecular weight excluding hydrogens is 212 g/mol. The summed E-state index contributed by atoms with van der Waals surface area (Å²) in [5.74, 6) is 1.04. The highest BCUT2D eigenvalue weighted by Gasteiger charge is 1.96. The minimum atomic E-state index is 0.400. The number of nitrogens with one attached hydrogen (secondary N) is 1. The lowest BCUT2D eigenvalue weighted by Crippen LogP contribution is -1.96. The van der Waals surface area contributed by atoms with Gasteiger partial charge in [-0.15, -0.1) is 0 Å². The summed E-state index contributed by atoms with van der Waals surface area (Å²) in [6.07, 6.45) is 3.07. The van der Waals surface area contributed by atoms with Crippen LogP contribution in [0.1, 0.15) is 0 Å². The van der Waals surface area contributed by atoms with Crippen LogP contribution in [0.2, 0.25) is 5.02 Å². The number of anilines is 3. The van der Waals surface area contributed by atoms with Gasteiger partial charge >= 0.3 is 0 Å². The van der Waals surface area contributed by atoms with Gasteiger partial charge in [-0.1, -0.05) is 11.6 Å². The summed E-state index contributed by atoms with van der Waals surface area (Å²) < 4.78 is 0. The van der Waals surface area contributed by atoms with Gasteiger partial charge in [0.2, 0.25) is 0 Å². The Balaban J connectivity index is 2.15. The number of nitrogen functional groups attached to an aromatic ring is 1. The van der Waals surface area contributed by atoms with Crippen LogP contribution < -0.4 is 11.1 Å². The lowest BCUT2D eigenvalue weighted by Gasteiger charge is -2.04. The molecule has 0 radical (unpaired) electrons. The van der Waals surface area contributed by atoms with Crippen LogP contribution in [0.4, 0.5) is 17.3 Å². The number of aromatic nitrogens is 2. The molecule has 76 valence electrons. The minimum Gasteiger partial charge on any atom is -0.382 e. The monoisotopic (exact) mass is 220 g/mol. The molecule has 15 heavy (non-hydrogen) atoms. The maximum Gasteiger partial charge on any atom is 0.149 e. The standard InChI is InChI=1S/C10H9ClN4/c11-7-1-3-8(4-2-7)15-10-6-13-9(12)5-14-10/h1-6H,(H2,12,13)(H,14,15). The molecule has 1 aromatic heterocycles. The van der Waals surface area contributed by atoms with Crippen LogP contribution in [0.3, 0.4) is 0 Å². The number of benzene rings is 1. The van der Waals surface area contributed by atoms with Crippen molar-refractivity contribution in [3.63, 3.8) is 0 Å². The predicted octanol–water partition coefficient (Wildman–Crippen LogP) is 2.46. The third-order valence-electron chi connectivity index (χ3n) is 1.79. The van der Waals surface area contributed by atoms with Gasteiger partial charge in [-0.25, -0.2) is 9.97 Å². The molecule has 3 N–H and O–H groups in total. The Morgan fingerprint density at radius 1 is 1.07 bits per heavy atom. The van der Waals surface area contributed by atoms with Crippen LogP contribution in [0.15, 0.2) is 36.7 Å². The Morgan fingerprint density at radius 3 is 2.40 bits per heavy atom. The van der Waals surface area contributed by atoms with E-state index in [0.717, 1.165) is 5.69 Å². The minimum absolute atomic E-state index is 0.400. The van der Waals surface area contributed by atoms with E-state index in [1.807, 2.05) is 12.1 Å². The van der Waals surface area contributed by atoms with Gasteiger partial charge in [0.1, 0.15) is 11.6 Å². The molecule has 5 heteroatoms. The smallest absolute Gasteiger partial charge is 0.149 e. The highest BCUT2D eigenvalue weighted by Crippen LogP contribution is 2.16. The predicted molar refractivity (Wildman–Crippen MR) is 61.2 cm³/mol. The molecule has 0 atom stereocenters. The molecule has 0 aliphatic carbocycles. The first-order valence-corrected chi connectivity index (χ1v) is 4.72. The summed E-state index contributed by atoms with van der Waals surface area (Å²) in [6.45, 7) is 0. The van der Waals surface area contributed by atoms with Gasteiger partial charge in [0, 0.05) is 10.7 Å². The maximum absolute atomic E-state index is 5.76. The number of nitrogens with two attached hydrogens (primary N) is 1. The van der Waals surface area contributed by atoms with Gasteiger partial charge in [0.15, 0.2) is 0 Å². The van der Waals surface area contributed by atoms with Gasteiger partial charge in [-0.3, -0.25) is 0 Å². The lowest BCUT2D eigenvalue weighted by atomic mass is 10.3. The molecule has 1 heterocycles. The summed E-state index contributed by atoms with van der Waals surface area (Å²) in [6, 6.07) is 7.32. The fourth-order valence-corrected chi connectivity index (χ4v) is 1.21. The summed E-state index contributed by atoms with van der Waals surface area (Å²) in [4.78, 5) is 7.98. The van der Waals surface area contributed by atoms with Crippen LogP contribution in [-0.4, -0.2) is 9.97 Å². The quantitative estimate of drug-likeness (QED) is 0.816. The molecule has 0 bridgehead atoms. The van der Waals surface area contributed by atoms with Crippen LogP contribution in [-0.2, 0) is 0 Å². The lowest BCUT2D eigenvalue weighted by molar-refractivity contribution is 1.21. The summed E-state index contributed by atoms with van der Waals surface area (Å²) in [7, 11) is 0. The topological polar surface area (TPSA) is 63.8 Å².